The van der Waals surface area contributed by atoms with Crippen LogP contribution in [0.1, 0.15) is 11.3 Å². The number of nitriles is 1. The minimum Gasteiger partial charge on any atom is -0.312 e. The molecule has 0 bridgehead atoms. The van der Waals surface area contributed by atoms with E-state index in [0.29, 0.717) is 6.33 Å². The van der Waals surface area contributed by atoms with Gasteiger partial charge in [0.15, 0.2) is 5.69 Å². The molecular formula is C6H2F3N3O. The summed E-state index contributed by atoms with van der Waals surface area (Å²) in [4.78, 5) is 15.5. The summed E-state index contributed by atoms with van der Waals surface area (Å²) in [5, 5.41) is 8.25. The highest BCUT2D eigenvalue weighted by Gasteiger charge is 2.36. The predicted molar refractivity (Wildman–Crippen MR) is 34.6 cm³/mol. The molecule has 13 heavy (non-hydrogen) atoms. The number of hydrogen-bond acceptors (Lipinski definition) is 3. The van der Waals surface area contributed by atoms with Crippen LogP contribution in [-0.4, -0.2) is 9.97 Å². The molecule has 0 spiro atoms. The van der Waals surface area contributed by atoms with Gasteiger partial charge in [0.05, 0.1) is 6.33 Å². The molecule has 1 aromatic heterocycles. The van der Waals surface area contributed by atoms with Gasteiger partial charge in [0.25, 0.3) is 5.56 Å². The molecule has 0 aromatic carbocycles. The zero-order valence-corrected chi connectivity index (χ0v) is 6.01. The Labute approximate surface area is 69.7 Å². The van der Waals surface area contributed by atoms with Crippen LogP contribution in [0.3, 0.4) is 0 Å². The Morgan fingerprint density at radius 2 is 2.15 bits per heavy atom. The summed E-state index contributed by atoms with van der Waals surface area (Å²) in [6.45, 7) is 0. The van der Waals surface area contributed by atoms with Crippen LogP contribution in [-0.2, 0) is 6.18 Å². The molecule has 0 aliphatic rings. The van der Waals surface area contributed by atoms with E-state index in [9.17, 15) is 18.0 Å². The average Bonchev–Trinajstić information content (AvgIpc) is 2.02. The van der Waals surface area contributed by atoms with Gasteiger partial charge in [-0.1, -0.05) is 0 Å². The monoisotopic (exact) mass is 189 g/mol. The van der Waals surface area contributed by atoms with Crippen LogP contribution in [0.25, 0.3) is 0 Å². The maximum absolute atomic E-state index is 12.0. The number of aromatic nitrogens is 2. The third kappa shape index (κ3) is 1.66. The lowest BCUT2D eigenvalue weighted by Crippen LogP contribution is -2.20. The number of aromatic amines is 1. The molecule has 0 atom stereocenters. The molecule has 7 heteroatoms. The number of nitrogens with one attached hydrogen (secondary N) is 1. The summed E-state index contributed by atoms with van der Waals surface area (Å²) in [7, 11) is 0. The van der Waals surface area contributed by atoms with Crippen molar-refractivity contribution in [2.45, 2.75) is 6.18 Å². The third-order valence-corrected chi connectivity index (χ3v) is 1.23. The smallest absolute Gasteiger partial charge is 0.312 e. The Bertz CT molecular complexity index is 414. The lowest BCUT2D eigenvalue weighted by Gasteiger charge is -2.04. The molecular weight excluding hydrogens is 187 g/mol. The van der Waals surface area contributed by atoms with Gasteiger partial charge in [-0.15, -0.1) is 0 Å². The Hall–Kier alpha value is -1.84. The Balaban J connectivity index is 3.49. The fourth-order valence-corrected chi connectivity index (χ4v) is 0.718. The number of alkyl halides is 3. The van der Waals surface area contributed by atoms with Crippen molar-refractivity contribution >= 4 is 0 Å². The summed E-state index contributed by atoms with van der Waals surface area (Å²) < 4.78 is 36.1. The zero-order valence-electron chi connectivity index (χ0n) is 6.01. The summed E-state index contributed by atoms with van der Waals surface area (Å²) in [6, 6.07) is 1.14. The first-order valence-electron chi connectivity index (χ1n) is 3.02. The zero-order chi connectivity index (χ0) is 10.1. The quantitative estimate of drug-likeness (QED) is 0.651. The minimum absolute atomic E-state index is 0.603. The normalized spacial score (nSPS) is 10.9. The first-order valence-corrected chi connectivity index (χ1v) is 3.02. The molecule has 0 unspecified atom stereocenters. The van der Waals surface area contributed by atoms with Crippen molar-refractivity contribution < 1.29 is 13.2 Å². The van der Waals surface area contributed by atoms with Crippen LogP contribution < -0.4 is 5.56 Å². The first-order chi connectivity index (χ1) is 5.96. The van der Waals surface area contributed by atoms with E-state index in [-0.39, 0.29) is 0 Å². The van der Waals surface area contributed by atoms with Crippen molar-refractivity contribution in [3.8, 4) is 6.07 Å². The van der Waals surface area contributed by atoms with Gasteiger partial charge in [-0.2, -0.15) is 18.4 Å². The molecule has 1 aromatic rings. The molecule has 0 aliphatic heterocycles. The second kappa shape index (κ2) is 2.90. The van der Waals surface area contributed by atoms with Crippen molar-refractivity contribution in [1.82, 2.24) is 9.97 Å². The van der Waals surface area contributed by atoms with Crippen molar-refractivity contribution in [3.63, 3.8) is 0 Å². The van der Waals surface area contributed by atoms with Crippen LogP contribution in [0.15, 0.2) is 11.1 Å². The van der Waals surface area contributed by atoms with Crippen LogP contribution in [0.5, 0.6) is 0 Å². The van der Waals surface area contributed by atoms with Crippen LogP contribution in [0, 0.1) is 11.3 Å². The van der Waals surface area contributed by atoms with Crippen molar-refractivity contribution in [2.24, 2.45) is 0 Å². The molecule has 0 saturated carbocycles. The van der Waals surface area contributed by atoms with Gasteiger partial charge in [0.2, 0.25) is 0 Å². The maximum Gasteiger partial charge on any atom is 0.434 e. The lowest BCUT2D eigenvalue weighted by molar-refractivity contribution is -0.141. The molecule has 1 N–H and O–H groups in total. The van der Waals surface area contributed by atoms with Gasteiger partial charge in [-0.3, -0.25) is 4.79 Å². The Kier molecular flexibility index (Phi) is 2.06. The molecule has 0 radical (unpaired) electrons. The van der Waals surface area contributed by atoms with E-state index >= 15 is 0 Å². The molecule has 0 saturated heterocycles. The molecule has 1 rings (SSSR count). The summed E-state index contributed by atoms with van der Waals surface area (Å²) in [5.74, 6) is 0. The molecule has 0 fully saturated rings. The topological polar surface area (TPSA) is 69.5 Å². The largest absolute Gasteiger partial charge is 0.434 e. The van der Waals surface area contributed by atoms with Crippen LogP contribution >= 0.6 is 0 Å². The molecule has 1 heterocycles. The highest BCUT2D eigenvalue weighted by Crippen LogP contribution is 2.27. The first kappa shape index (κ1) is 9.25. The molecule has 68 valence electrons. The molecule has 0 amide bonds. The lowest BCUT2D eigenvalue weighted by atomic mass is 10.2. The van der Waals surface area contributed by atoms with Gasteiger partial charge in [-0.05, 0) is 0 Å². The van der Waals surface area contributed by atoms with E-state index < -0.39 is 23.0 Å². The predicted octanol–water partition coefficient (Wildman–Crippen LogP) is 0.660. The van der Waals surface area contributed by atoms with E-state index in [1.165, 1.54) is 0 Å². The van der Waals surface area contributed by atoms with Gasteiger partial charge in [0.1, 0.15) is 11.6 Å². The number of nitrogens with zero attached hydrogens (tertiary/aromatic N) is 2. The number of hydrogen-bond donors (Lipinski definition) is 1. The number of rotatable bonds is 0. The minimum atomic E-state index is -4.78. The van der Waals surface area contributed by atoms with E-state index in [0.717, 1.165) is 6.07 Å². The second-order valence-corrected chi connectivity index (χ2v) is 2.06. The maximum atomic E-state index is 12.0. The highest BCUT2D eigenvalue weighted by molar-refractivity contribution is 5.31. The van der Waals surface area contributed by atoms with Crippen molar-refractivity contribution in [3.05, 3.63) is 27.9 Å². The molecule has 0 aliphatic carbocycles. The van der Waals surface area contributed by atoms with E-state index in [4.69, 9.17) is 5.26 Å². The standard InChI is InChI=1S/C6H2F3N3O/c7-6(8,9)4-3(1-10)5(13)12-2-11-4/h2H,(H,11,12,13). The second-order valence-electron chi connectivity index (χ2n) is 2.06. The molecule has 4 nitrogen and oxygen atoms in total. The van der Waals surface area contributed by atoms with E-state index in [1.807, 2.05) is 4.98 Å². The summed E-state index contributed by atoms with van der Waals surface area (Å²) >= 11 is 0. The highest BCUT2D eigenvalue weighted by atomic mass is 19.4. The van der Waals surface area contributed by atoms with Crippen molar-refractivity contribution in [2.75, 3.05) is 0 Å². The fraction of sp³-hybridized carbons (Fsp3) is 0.167. The van der Waals surface area contributed by atoms with Gasteiger partial charge < -0.3 is 4.98 Å². The average molecular weight is 189 g/mol. The van der Waals surface area contributed by atoms with Gasteiger partial charge >= 0.3 is 6.18 Å². The van der Waals surface area contributed by atoms with Crippen molar-refractivity contribution in [1.29, 1.82) is 5.26 Å². The number of halogens is 3. The van der Waals surface area contributed by atoms with Crippen LogP contribution in [0.2, 0.25) is 0 Å². The summed E-state index contributed by atoms with van der Waals surface area (Å²) in [6.07, 6.45) is -4.18. The summed E-state index contributed by atoms with van der Waals surface area (Å²) in [5.41, 5.74) is -3.57. The Morgan fingerprint density at radius 3 is 2.54 bits per heavy atom. The third-order valence-electron chi connectivity index (χ3n) is 1.23. The van der Waals surface area contributed by atoms with Gasteiger partial charge in [0, 0.05) is 0 Å². The van der Waals surface area contributed by atoms with E-state index in [1.54, 1.807) is 0 Å². The van der Waals surface area contributed by atoms with Crippen LogP contribution in [0.4, 0.5) is 13.2 Å². The number of H-pyrrole nitrogens is 1. The van der Waals surface area contributed by atoms with E-state index in [2.05, 4.69) is 4.98 Å². The SMILES string of the molecule is N#Cc1c(C(F)(F)F)nc[nH]c1=O. The fourth-order valence-electron chi connectivity index (χ4n) is 0.718. The Morgan fingerprint density at radius 1 is 1.54 bits per heavy atom. The van der Waals surface area contributed by atoms with Gasteiger partial charge in [-0.25, -0.2) is 4.98 Å².